The van der Waals surface area contributed by atoms with Crippen molar-refractivity contribution in [3.05, 3.63) is 63.1 Å². The van der Waals surface area contributed by atoms with Gasteiger partial charge in [0.2, 0.25) is 0 Å². The molecule has 0 radical (unpaired) electrons. The second-order valence-electron chi connectivity index (χ2n) is 5.58. The number of ether oxygens (including phenoxy) is 1. The van der Waals surface area contributed by atoms with Gasteiger partial charge in [0.25, 0.3) is 11.8 Å². The Bertz CT molecular complexity index is 818. The largest absolute Gasteiger partial charge is 0.455 e. The third kappa shape index (κ3) is 3.85. The fourth-order valence-electron chi connectivity index (χ4n) is 2.58. The van der Waals surface area contributed by atoms with E-state index in [9.17, 15) is 9.59 Å². The summed E-state index contributed by atoms with van der Waals surface area (Å²) in [4.78, 5) is 24.5. The van der Waals surface area contributed by atoms with Crippen molar-refractivity contribution in [2.75, 3.05) is 4.90 Å². The van der Waals surface area contributed by atoms with Crippen LogP contribution in [0.4, 0.5) is 5.69 Å². The standard InChI is InChI=1S/C19H15Br2NO3/c1-2-3-12-10-15(20)19(16(21)11-12)25-14-6-4-13(5-7-14)22-17(23)8-9-18(22)24/h4-11H,2-3H2,1H3. The first kappa shape index (κ1) is 17.9. The third-order valence-electron chi connectivity index (χ3n) is 3.72. The quantitative estimate of drug-likeness (QED) is 0.557. The molecule has 128 valence electrons. The highest BCUT2D eigenvalue weighted by Gasteiger charge is 2.24. The Morgan fingerprint density at radius 2 is 1.52 bits per heavy atom. The Hall–Kier alpha value is -1.92. The van der Waals surface area contributed by atoms with Crippen molar-refractivity contribution >= 4 is 49.4 Å². The van der Waals surface area contributed by atoms with Gasteiger partial charge < -0.3 is 4.74 Å². The Morgan fingerprint density at radius 1 is 0.960 bits per heavy atom. The smallest absolute Gasteiger partial charge is 0.258 e. The first-order valence-electron chi connectivity index (χ1n) is 7.81. The number of benzene rings is 2. The van der Waals surface area contributed by atoms with E-state index in [1.54, 1.807) is 24.3 Å². The van der Waals surface area contributed by atoms with Gasteiger partial charge in [0, 0.05) is 12.2 Å². The average molecular weight is 465 g/mol. The number of carbonyl (C=O) groups excluding carboxylic acids is 2. The van der Waals surface area contributed by atoms with E-state index in [0.717, 1.165) is 26.7 Å². The first-order valence-corrected chi connectivity index (χ1v) is 9.40. The Kier molecular flexibility index (Phi) is 5.39. The molecule has 0 aliphatic carbocycles. The van der Waals surface area contributed by atoms with Crippen LogP contribution in [0.3, 0.4) is 0 Å². The van der Waals surface area contributed by atoms with Crippen molar-refractivity contribution in [1.29, 1.82) is 0 Å². The summed E-state index contributed by atoms with van der Waals surface area (Å²) in [5.74, 6) is 0.620. The molecule has 2 aromatic carbocycles. The van der Waals surface area contributed by atoms with Crippen LogP contribution >= 0.6 is 31.9 Å². The van der Waals surface area contributed by atoms with Crippen molar-refractivity contribution in [1.82, 2.24) is 0 Å². The minimum Gasteiger partial charge on any atom is -0.455 e. The van der Waals surface area contributed by atoms with Crippen LogP contribution in [0.5, 0.6) is 11.5 Å². The molecule has 0 N–H and O–H groups in total. The molecule has 2 aromatic rings. The van der Waals surface area contributed by atoms with E-state index in [1.165, 1.54) is 17.7 Å². The fraction of sp³-hybridized carbons (Fsp3) is 0.158. The summed E-state index contributed by atoms with van der Waals surface area (Å²) in [5.41, 5.74) is 1.74. The van der Waals surface area contributed by atoms with Crippen molar-refractivity contribution in [2.24, 2.45) is 0 Å². The van der Waals surface area contributed by atoms with E-state index >= 15 is 0 Å². The second-order valence-corrected chi connectivity index (χ2v) is 7.29. The lowest BCUT2D eigenvalue weighted by atomic mass is 10.1. The summed E-state index contributed by atoms with van der Waals surface area (Å²) < 4.78 is 7.68. The SMILES string of the molecule is CCCc1cc(Br)c(Oc2ccc(N3C(=O)C=CC3=O)cc2)c(Br)c1. The van der Waals surface area contributed by atoms with Gasteiger partial charge in [-0.15, -0.1) is 0 Å². The van der Waals surface area contributed by atoms with Gasteiger partial charge in [-0.05, 0) is 80.2 Å². The highest BCUT2D eigenvalue weighted by atomic mass is 79.9. The predicted octanol–water partition coefficient (Wildman–Crippen LogP) is 5.39. The van der Waals surface area contributed by atoms with Crippen LogP contribution in [0.25, 0.3) is 0 Å². The van der Waals surface area contributed by atoms with Crippen LogP contribution in [-0.2, 0) is 16.0 Å². The highest BCUT2D eigenvalue weighted by Crippen LogP contribution is 2.38. The van der Waals surface area contributed by atoms with Crippen LogP contribution in [0, 0.1) is 0 Å². The summed E-state index contributed by atoms with van der Waals surface area (Å²) in [6, 6.07) is 10.9. The fourth-order valence-corrected chi connectivity index (χ4v) is 4.02. The zero-order valence-electron chi connectivity index (χ0n) is 13.5. The third-order valence-corrected chi connectivity index (χ3v) is 4.90. The van der Waals surface area contributed by atoms with Crippen molar-refractivity contribution < 1.29 is 14.3 Å². The number of halogens is 2. The number of nitrogens with zero attached hydrogens (tertiary/aromatic N) is 1. The van der Waals surface area contributed by atoms with Gasteiger partial charge in [0.15, 0.2) is 5.75 Å². The monoisotopic (exact) mass is 463 g/mol. The predicted molar refractivity (Wildman–Crippen MR) is 104 cm³/mol. The summed E-state index contributed by atoms with van der Waals surface area (Å²) >= 11 is 7.10. The van der Waals surface area contributed by atoms with Crippen LogP contribution in [0.2, 0.25) is 0 Å². The maximum atomic E-state index is 11.7. The molecule has 0 spiro atoms. The molecule has 0 saturated heterocycles. The van der Waals surface area contributed by atoms with E-state index in [0.29, 0.717) is 17.2 Å². The number of carbonyl (C=O) groups is 2. The molecule has 1 aliphatic rings. The number of amides is 2. The van der Waals surface area contributed by atoms with E-state index in [4.69, 9.17) is 4.74 Å². The average Bonchev–Trinajstić information content (AvgIpc) is 2.91. The molecule has 0 aromatic heterocycles. The van der Waals surface area contributed by atoms with Crippen LogP contribution in [0.1, 0.15) is 18.9 Å². The number of anilines is 1. The lowest BCUT2D eigenvalue weighted by Crippen LogP contribution is -2.29. The van der Waals surface area contributed by atoms with Gasteiger partial charge in [-0.3, -0.25) is 9.59 Å². The van der Waals surface area contributed by atoms with Crippen molar-refractivity contribution in [3.63, 3.8) is 0 Å². The molecular formula is C19H15Br2NO3. The number of hydrogen-bond donors (Lipinski definition) is 0. The molecule has 0 atom stereocenters. The zero-order valence-corrected chi connectivity index (χ0v) is 16.6. The molecule has 2 amide bonds. The Balaban J connectivity index is 1.80. The Labute approximate surface area is 162 Å². The normalized spacial score (nSPS) is 13.6. The van der Waals surface area contributed by atoms with Crippen LogP contribution < -0.4 is 9.64 Å². The highest BCUT2D eigenvalue weighted by molar-refractivity contribution is 9.11. The maximum Gasteiger partial charge on any atom is 0.258 e. The summed E-state index contributed by atoms with van der Waals surface area (Å²) in [6.07, 6.45) is 4.60. The Morgan fingerprint density at radius 3 is 2.04 bits per heavy atom. The molecule has 0 fully saturated rings. The van der Waals surface area contributed by atoms with E-state index in [1.807, 2.05) is 12.1 Å². The second kappa shape index (κ2) is 7.54. The number of imide groups is 1. The van der Waals surface area contributed by atoms with E-state index < -0.39 is 0 Å². The van der Waals surface area contributed by atoms with Gasteiger partial charge in [-0.25, -0.2) is 4.90 Å². The molecule has 0 unspecified atom stereocenters. The minimum atomic E-state index is -0.337. The van der Waals surface area contributed by atoms with Crippen LogP contribution in [-0.4, -0.2) is 11.8 Å². The molecule has 1 aliphatic heterocycles. The van der Waals surface area contributed by atoms with Crippen molar-refractivity contribution in [3.8, 4) is 11.5 Å². The van der Waals surface area contributed by atoms with E-state index in [2.05, 4.69) is 38.8 Å². The minimum absolute atomic E-state index is 0.337. The summed E-state index contributed by atoms with van der Waals surface area (Å²) in [6.45, 7) is 2.14. The van der Waals surface area contributed by atoms with E-state index in [-0.39, 0.29) is 11.8 Å². The number of aryl methyl sites for hydroxylation is 1. The van der Waals surface area contributed by atoms with Gasteiger partial charge in [-0.1, -0.05) is 13.3 Å². The van der Waals surface area contributed by atoms with Gasteiger partial charge in [0.1, 0.15) is 5.75 Å². The van der Waals surface area contributed by atoms with Gasteiger partial charge in [0.05, 0.1) is 14.6 Å². The maximum absolute atomic E-state index is 11.7. The molecular weight excluding hydrogens is 450 g/mol. The topological polar surface area (TPSA) is 46.6 Å². The molecule has 0 saturated carbocycles. The molecule has 6 heteroatoms. The molecule has 4 nitrogen and oxygen atoms in total. The van der Waals surface area contributed by atoms with Crippen LogP contribution in [0.15, 0.2) is 57.5 Å². The molecule has 25 heavy (non-hydrogen) atoms. The van der Waals surface area contributed by atoms with Crippen molar-refractivity contribution in [2.45, 2.75) is 19.8 Å². The molecule has 0 bridgehead atoms. The summed E-state index contributed by atoms with van der Waals surface area (Å²) in [5, 5.41) is 0. The lowest BCUT2D eigenvalue weighted by Gasteiger charge is -2.15. The van der Waals surface area contributed by atoms with Gasteiger partial charge in [-0.2, -0.15) is 0 Å². The lowest BCUT2D eigenvalue weighted by molar-refractivity contribution is -0.119. The first-order chi connectivity index (χ1) is 12.0. The molecule has 3 rings (SSSR count). The number of rotatable bonds is 5. The molecule has 1 heterocycles. The number of hydrogen-bond acceptors (Lipinski definition) is 3. The zero-order chi connectivity index (χ0) is 18.0. The summed E-state index contributed by atoms with van der Waals surface area (Å²) in [7, 11) is 0. The van der Waals surface area contributed by atoms with Gasteiger partial charge >= 0.3 is 0 Å².